The van der Waals surface area contributed by atoms with E-state index in [0.29, 0.717) is 23.4 Å². The summed E-state index contributed by atoms with van der Waals surface area (Å²) in [5.74, 6) is 0.0842. The third-order valence-electron chi connectivity index (χ3n) is 2.14. The van der Waals surface area contributed by atoms with Crippen LogP contribution in [-0.4, -0.2) is 15.1 Å². The summed E-state index contributed by atoms with van der Waals surface area (Å²) in [6.45, 7) is 1.78. The fourth-order valence-corrected chi connectivity index (χ4v) is 1.34. The predicted octanol–water partition coefficient (Wildman–Crippen LogP) is 1.30. The van der Waals surface area contributed by atoms with Gasteiger partial charge < -0.3 is 14.5 Å². The Morgan fingerprint density at radius 2 is 2.40 bits per heavy atom. The Kier molecular flexibility index (Phi) is 2.29. The van der Waals surface area contributed by atoms with Crippen molar-refractivity contribution in [3.63, 3.8) is 0 Å². The highest BCUT2D eigenvalue weighted by atomic mass is 16.3. The van der Waals surface area contributed by atoms with Crippen molar-refractivity contribution in [3.05, 3.63) is 34.5 Å². The average molecular weight is 206 g/mol. The number of hydrogen-bond donors (Lipinski definition) is 2. The first-order chi connectivity index (χ1) is 7.22. The van der Waals surface area contributed by atoms with Gasteiger partial charge in [0.15, 0.2) is 0 Å². The summed E-state index contributed by atoms with van der Waals surface area (Å²) in [4.78, 5) is 18.0. The smallest absolute Gasteiger partial charge is 0.258 e. The molecule has 5 nitrogen and oxygen atoms in total. The highest BCUT2D eigenvalue weighted by molar-refractivity contribution is 5.53. The van der Waals surface area contributed by atoms with Crippen LogP contribution < -0.4 is 5.56 Å². The first-order valence-electron chi connectivity index (χ1n) is 4.57. The van der Waals surface area contributed by atoms with Gasteiger partial charge in [0.05, 0.1) is 17.4 Å². The standard InChI is InChI=1S/C10H10N2O3/c1-2-7-9(13)11-8(12-10(7)14)6-3-4-15-5-6/h3-5H,2H2,1H3,(H2,11,12,13,14). The van der Waals surface area contributed by atoms with E-state index in [2.05, 4.69) is 9.97 Å². The minimum Gasteiger partial charge on any atom is -0.493 e. The van der Waals surface area contributed by atoms with Gasteiger partial charge in [0.1, 0.15) is 12.1 Å². The monoisotopic (exact) mass is 206 g/mol. The van der Waals surface area contributed by atoms with Gasteiger partial charge in [0.25, 0.3) is 5.56 Å². The molecule has 0 radical (unpaired) electrons. The quantitative estimate of drug-likeness (QED) is 0.776. The lowest BCUT2D eigenvalue weighted by Gasteiger charge is -2.01. The molecule has 2 aromatic rings. The second-order valence-electron chi connectivity index (χ2n) is 3.08. The maximum absolute atomic E-state index is 11.5. The minimum atomic E-state index is -0.318. The molecule has 0 fully saturated rings. The number of aromatic hydroxyl groups is 1. The van der Waals surface area contributed by atoms with Crippen molar-refractivity contribution < 1.29 is 9.52 Å². The van der Waals surface area contributed by atoms with Crippen LogP contribution in [0.15, 0.2) is 27.8 Å². The zero-order valence-electron chi connectivity index (χ0n) is 8.15. The molecular weight excluding hydrogens is 196 g/mol. The molecule has 0 aliphatic heterocycles. The van der Waals surface area contributed by atoms with E-state index in [1.54, 1.807) is 13.0 Å². The molecule has 0 saturated heterocycles. The first-order valence-corrected chi connectivity index (χ1v) is 4.57. The van der Waals surface area contributed by atoms with Gasteiger partial charge in [-0.05, 0) is 12.5 Å². The normalized spacial score (nSPS) is 10.5. The van der Waals surface area contributed by atoms with E-state index >= 15 is 0 Å². The van der Waals surface area contributed by atoms with Gasteiger partial charge in [-0.2, -0.15) is 4.98 Å². The number of aromatic amines is 1. The molecular formula is C10H10N2O3. The Balaban J connectivity index is 2.58. The molecule has 2 N–H and O–H groups in total. The number of aromatic nitrogens is 2. The van der Waals surface area contributed by atoms with Crippen LogP contribution in [0.3, 0.4) is 0 Å². The fourth-order valence-electron chi connectivity index (χ4n) is 1.34. The minimum absolute atomic E-state index is 0.225. The third-order valence-corrected chi connectivity index (χ3v) is 2.14. The van der Waals surface area contributed by atoms with Crippen LogP contribution >= 0.6 is 0 Å². The lowest BCUT2D eigenvalue weighted by atomic mass is 10.2. The van der Waals surface area contributed by atoms with Crippen molar-refractivity contribution in [3.8, 4) is 17.3 Å². The Morgan fingerprint density at radius 3 is 2.93 bits per heavy atom. The van der Waals surface area contributed by atoms with Gasteiger partial charge >= 0.3 is 0 Å². The van der Waals surface area contributed by atoms with Crippen molar-refractivity contribution in [2.45, 2.75) is 13.3 Å². The van der Waals surface area contributed by atoms with E-state index < -0.39 is 0 Å². The van der Waals surface area contributed by atoms with Crippen molar-refractivity contribution in [1.29, 1.82) is 0 Å². The molecule has 2 aromatic heterocycles. The van der Waals surface area contributed by atoms with Crippen LogP contribution in [0.5, 0.6) is 5.88 Å². The zero-order valence-corrected chi connectivity index (χ0v) is 8.15. The fraction of sp³-hybridized carbons (Fsp3) is 0.200. The van der Waals surface area contributed by atoms with Crippen molar-refractivity contribution >= 4 is 0 Å². The summed E-state index contributed by atoms with van der Waals surface area (Å²) in [7, 11) is 0. The average Bonchev–Trinajstić information content (AvgIpc) is 2.69. The predicted molar refractivity (Wildman–Crippen MR) is 53.6 cm³/mol. The molecule has 0 unspecified atom stereocenters. The summed E-state index contributed by atoms with van der Waals surface area (Å²) < 4.78 is 4.86. The maximum atomic E-state index is 11.5. The van der Waals surface area contributed by atoms with Gasteiger partial charge in [-0.25, -0.2) is 0 Å². The lowest BCUT2D eigenvalue weighted by Crippen LogP contribution is -2.14. The highest BCUT2D eigenvalue weighted by Crippen LogP contribution is 2.17. The van der Waals surface area contributed by atoms with Crippen LogP contribution in [0, 0.1) is 0 Å². The number of nitrogens with one attached hydrogen (secondary N) is 1. The Labute approximate surface area is 85.4 Å². The highest BCUT2D eigenvalue weighted by Gasteiger charge is 2.10. The number of H-pyrrole nitrogens is 1. The van der Waals surface area contributed by atoms with Gasteiger partial charge in [0, 0.05) is 0 Å². The number of hydrogen-bond acceptors (Lipinski definition) is 4. The summed E-state index contributed by atoms with van der Waals surface area (Å²) in [5.41, 5.74) is 0.605. The van der Waals surface area contributed by atoms with E-state index in [1.165, 1.54) is 12.5 Å². The van der Waals surface area contributed by atoms with Gasteiger partial charge in [-0.15, -0.1) is 0 Å². The summed E-state index contributed by atoms with van der Waals surface area (Å²) in [6, 6.07) is 1.66. The first kappa shape index (κ1) is 9.51. The van der Waals surface area contributed by atoms with Gasteiger partial charge in [-0.1, -0.05) is 6.92 Å². The summed E-state index contributed by atoms with van der Waals surface area (Å²) in [5, 5.41) is 9.51. The summed E-state index contributed by atoms with van der Waals surface area (Å²) in [6.07, 6.45) is 3.36. The topological polar surface area (TPSA) is 79.1 Å². The van der Waals surface area contributed by atoms with E-state index in [1.807, 2.05) is 0 Å². The van der Waals surface area contributed by atoms with Crippen LogP contribution in [0.4, 0.5) is 0 Å². The molecule has 0 saturated carbocycles. The van der Waals surface area contributed by atoms with Crippen LogP contribution in [0.25, 0.3) is 11.4 Å². The van der Waals surface area contributed by atoms with Crippen LogP contribution in [0.2, 0.25) is 0 Å². The molecule has 0 bridgehead atoms. The van der Waals surface area contributed by atoms with E-state index in [0.717, 1.165) is 0 Å². The number of furan rings is 1. The van der Waals surface area contributed by atoms with Gasteiger partial charge in [0.2, 0.25) is 5.88 Å². The number of rotatable bonds is 2. The SMILES string of the molecule is CCc1c(O)nc(-c2ccoc2)[nH]c1=O. The Morgan fingerprint density at radius 1 is 1.60 bits per heavy atom. The third kappa shape index (κ3) is 1.63. The van der Waals surface area contributed by atoms with Crippen LogP contribution in [-0.2, 0) is 6.42 Å². The van der Waals surface area contributed by atoms with Crippen molar-refractivity contribution in [2.24, 2.45) is 0 Å². The van der Waals surface area contributed by atoms with E-state index in [4.69, 9.17) is 4.42 Å². The van der Waals surface area contributed by atoms with E-state index in [-0.39, 0.29) is 11.4 Å². The molecule has 0 aliphatic carbocycles. The lowest BCUT2D eigenvalue weighted by molar-refractivity contribution is 0.444. The molecule has 78 valence electrons. The zero-order chi connectivity index (χ0) is 10.8. The molecule has 0 aliphatic rings. The Bertz CT molecular complexity index is 514. The van der Waals surface area contributed by atoms with Crippen LogP contribution in [0.1, 0.15) is 12.5 Å². The molecule has 15 heavy (non-hydrogen) atoms. The number of nitrogens with zero attached hydrogens (tertiary/aromatic N) is 1. The molecule has 5 heteroatoms. The van der Waals surface area contributed by atoms with Gasteiger partial charge in [-0.3, -0.25) is 4.79 Å². The second-order valence-corrected chi connectivity index (χ2v) is 3.08. The molecule has 0 atom stereocenters. The molecule has 2 rings (SSSR count). The van der Waals surface area contributed by atoms with Crippen molar-refractivity contribution in [1.82, 2.24) is 9.97 Å². The second kappa shape index (κ2) is 3.61. The maximum Gasteiger partial charge on any atom is 0.258 e. The molecule has 0 amide bonds. The largest absolute Gasteiger partial charge is 0.493 e. The molecule has 0 aromatic carbocycles. The molecule has 2 heterocycles. The van der Waals surface area contributed by atoms with E-state index in [9.17, 15) is 9.90 Å². The van der Waals surface area contributed by atoms with Crippen molar-refractivity contribution in [2.75, 3.05) is 0 Å². The summed E-state index contributed by atoms with van der Waals surface area (Å²) >= 11 is 0. The molecule has 0 spiro atoms. The Hall–Kier alpha value is -2.04.